The number of rotatable bonds is 7. The number of hydrogen-bond donors (Lipinski definition) is 0. The highest BCUT2D eigenvalue weighted by atomic mass is 35.5. The number of carbonyl (C=O) groups excluding carboxylic acids is 2. The van der Waals surface area contributed by atoms with Gasteiger partial charge in [-0.25, -0.2) is 4.98 Å². The van der Waals surface area contributed by atoms with Crippen molar-refractivity contribution in [2.75, 3.05) is 33.9 Å². The molecular formula is C27H28ClN5O4. The standard InChI is InChI=1S/C27H28ClN5O4/c1-31(14-18-3-4-21(13-29)23(28)11-18)25(34)15-33-17-30-24-6-5-20(12-22(24)27(33)36)19-7-9-32(10-8-19)26(35)16-37-2/h3-6,11-12,17,19H,7-10,14-16H2,1-2H3. The molecule has 2 amide bonds. The summed E-state index contributed by atoms with van der Waals surface area (Å²) in [5, 5.41) is 9.83. The minimum atomic E-state index is -0.275. The van der Waals surface area contributed by atoms with Gasteiger partial charge in [-0.15, -0.1) is 0 Å². The summed E-state index contributed by atoms with van der Waals surface area (Å²) in [6.45, 7) is 1.52. The molecule has 0 radical (unpaired) electrons. The third kappa shape index (κ3) is 5.98. The van der Waals surface area contributed by atoms with E-state index in [-0.39, 0.29) is 43.0 Å². The molecule has 1 fully saturated rings. The van der Waals surface area contributed by atoms with Gasteiger partial charge in [0.05, 0.1) is 27.8 Å². The highest BCUT2D eigenvalue weighted by Crippen LogP contribution is 2.29. The van der Waals surface area contributed by atoms with Gasteiger partial charge >= 0.3 is 0 Å². The average Bonchev–Trinajstić information content (AvgIpc) is 2.90. The molecular weight excluding hydrogens is 494 g/mol. The zero-order valence-electron chi connectivity index (χ0n) is 20.8. The summed E-state index contributed by atoms with van der Waals surface area (Å²) >= 11 is 6.10. The molecule has 1 saturated heterocycles. The second-order valence-electron chi connectivity index (χ2n) is 9.22. The molecule has 2 aromatic carbocycles. The molecule has 0 spiro atoms. The minimum absolute atomic E-state index is 0.0107. The molecule has 37 heavy (non-hydrogen) atoms. The summed E-state index contributed by atoms with van der Waals surface area (Å²) in [5.74, 6) is -0.0347. The Morgan fingerprint density at radius 2 is 1.97 bits per heavy atom. The van der Waals surface area contributed by atoms with Crippen LogP contribution in [0.5, 0.6) is 0 Å². The van der Waals surface area contributed by atoms with Gasteiger partial charge in [0.15, 0.2) is 0 Å². The Labute approximate surface area is 219 Å². The van der Waals surface area contributed by atoms with E-state index in [2.05, 4.69) is 4.98 Å². The van der Waals surface area contributed by atoms with Crippen LogP contribution in [-0.4, -0.2) is 65.0 Å². The first-order valence-corrected chi connectivity index (χ1v) is 12.4. The van der Waals surface area contributed by atoms with E-state index in [0.29, 0.717) is 34.6 Å². The van der Waals surface area contributed by atoms with Gasteiger partial charge in [-0.1, -0.05) is 23.7 Å². The van der Waals surface area contributed by atoms with Gasteiger partial charge in [0.1, 0.15) is 19.2 Å². The van der Waals surface area contributed by atoms with Crippen LogP contribution in [0.1, 0.15) is 35.4 Å². The summed E-state index contributed by atoms with van der Waals surface area (Å²) in [5.41, 5.74) is 2.48. The molecule has 0 saturated carbocycles. The third-order valence-electron chi connectivity index (χ3n) is 6.74. The van der Waals surface area contributed by atoms with Gasteiger partial charge in [0, 0.05) is 33.8 Å². The van der Waals surface area contributed by atoms with Crippen molar-refractivity contribution in [3.63, 3.8) is 0 Å². The highest BCUT2D eigenvalue weighted by Gasteiger charge is 2.24. The van der Waals surface area contributed by atoms with Crippen LogP contribution in [0.4, 0.5) is 0 Å². The quantitative estimate of drug-likeness (QED) is 0.473. The molecule has 0 atom stereocenters. The van der Waals surface area contributed by atoms with Crippen LogP contribution >= 0.6 is 11.6 Å². The van der Waals surface area contributed by atoms with Crippen molar-refractivity contribution in [1.82, 2.24) is 19.4 Å². The number of nitriles is 1. The monoisotopic (exact) mass is 521 g/mol. The summed E-state index contributed by atoms with van der Waals surface area (Å²) in [4.78, 5) is 45.9. The summed E-state index contributed by atoms with van der Waals surface area (Å²) in [6.07, 6.45) is 3.00. The smallest absolute Gasteiger partial charge is 0.261 e. The van der Waals surface area contributed by atoms with Crippen LogP contribution in [0.2, 0.25) is 5.02 Å². The van der Waals surface area contributed by atoms with Crippen molar-refractivity contribution in [1.29, 1.82) is 5.26 Å². The Bertz CT molecular complexity index is 1420. The van der Waals surface area contributed by atoms with Crippen molar-refractivity contribution in [3.8, 4) is 6.07 Å². The van der Waals surface area contributed by atoms with Gasteiger partial charge in [-0.3, -0.25) is 19.0 Å². The number of fused-ring (bicyclic) bond motifs is 1. The van der Waals surface area contributed by atoms with E-state index in [1.165, 1.54) is 22.9 Å². The minimum Gasteiger partial charge on any atom is -0.375 e. The van der Waals surface area contributed by atoms with Crippen LogP contribution in [0.3, 0.4) is 0 Å². The molecule has 0 aliphatic carbocycles. The molecule has 4 rings (SSSR count). The van der Waals surface area contributed by atoms with Crippen LogP contribution in [0.25, 0.3) is 10.9 Å². The van der Waals surface area contributed by atoms with E-state index in [1.54, 1.807) is 25.2 Å². The molecule has 192 valence electrons. The molecule has 9 nitrogen and oxygen atoms in total. The summed E-state index contributed by atoms with van der Waals surface area (Å²) < 4.78 is 6.27. The van der Waals surface area contributed by atoms with Gasteiger partial charge in [-0.05, 0) is 54.2 Å². The number of amides is 2. The molecule has 1 aromatic heterocycles. The van der Waals surface area contributed by atoms with Crippen molar-refractivity contribution in [2.24, 2.45) is 0 Å². The van der Waals surface area contributed by atoms with Gasteiger partial charge in [-0.2, -0.15) is 5.26 Å². The number of piperidine rings is 1. The van der Waals surface area contributed by atoms with Crippen molar-refractivity contribution < 1.29 is 14.3 Å². The fourth-order valence-electron chi connectivity index (χ4n) is 4.60. The van der Waals surface area contributed by atoms with Crippen LogP contribution < -0.4 is 5.56 Å². The molecule has 0 unspecified atom stereocenters. The SMILES string of the molecule is COCC(=O)N1CCC(c2ccc3ncn(CC(=O)N(C)Cc4ccc(C#N)c(Cl)c4)c(=O)c3c2)CC1. The van der Waals surface area contributed by atoms with E-state index in [0.717, 1.165) is 24.0 Å². The number of hydrogen-bond acceptors (Lipinski definition) is 6. The number of nitrogens with zero attached hydrogens (tertiary/aromatic N) is 5. The van der Waals surface area contributed by atoms with E-state index in [9.17, 15) is 14.4 Å². The Hall–Kier alpha value is -3.74. The number of likely N-dealkylation sites (tertiary alicyclic amines) is 1. The van der Waals surface area contributed by atoms with Gasteiger partial charge < -0.3 is 14.5 Å². The van der Waals surface area contributed by atoms with Crippen molar-refractivity contribution in [2.45, 2.75) is 31.8 Å². The van der Waals surface area contributed by atoms with Crippen molar-refractivity contribution in [3.05, 3.63) is 74.8 Å². The Morgan fingerprint density at radius 3 is 2.65 bits per heavy atom. The maximum atomic E-state index is 13.2. The van der Waals surface area contributed by atoms with Crippen LogP contribution in [0.15, 0.2) is 47.5 Å². The number of carbonyl (C=O) groups is 2. The average molecular weight is 522 g/mol. The molecule has 0 N–H and O–H groups in total. The third-order valence-corrected chi connectivity index (χ3v) is 7.05. The molecule has 10 heteroatoms. The zero-order valence-corrected chi connectivity index (χ0v) is 21.6. The first-order chi connectivity index (χ1) is 17.8. The number of aromatic nitrogens is 2. The zero-order chi connectivity index (χ0) is 26.5. The van der Waals surface area contributed by atoms with E-state index in [4.69, 9.17) is 21.6 Å². The normalized spacial score (nSPS) is 13.9. The maximum Gasteiger partial charge on any atom is 0.261 e. The highest BCUT2D eigenvalue weighted by molar-refractivity contribution is 6.31. The molecule has 0 bridgehead atoms. The van der Waals surface area contributed by atoms with E-state index in [1.807, 2.05) is 29.2 Å². The predicted molar refractivity (Wildman–Crippen MR) is 139 cm³/mol. The fourth-order valence-corrected chi connectivity index (χ4v) is 4.84. The summed E-state index contributed by atoms with van der Waals surface area (Å²) in [6, 6.07) is 12.7. The van der Waals surface area contributed by atoms with Crippen LogP contribution in [0, 0.1) is 11.3 Å². The second-order valence-corrected chi connectivity index (χ2v) is 9.63. The first-order valence-electron chi connectivity index (χ1n) is 12.0. The Balaban J connectivity index is 1.46. The summed E-state index contributed by atoms with van der Waals surface area (Å²) in [7, 11) is 3.16. The lowest BCUT2D eigenvalue weighted by Crippen LogP contribution is -2.39. The molecule has 1 aliphatic rings. The number of benzene rings is 2. The first kappa shape index (κ1) is 26.3. The Morgan fingerprint density at radius 1 is 1.22 bits per heavy atom. The lowest BCUT2D eigenvalue weighted by molar-refractivity contribution is -0.136. The number of likely N-dealkylation sites (N-methyl/N-ethyl adjacent to an activating group) is 1. The van der Waals surface area contributed by atoms with E-state index >= 15 is 0 Å². The fraction of sp³-hybridized carbons (Fsp3) is 0.370. The van der Waals surface area contributed by atoms with Crippen molar-refractivity contribution >= 4 is 34.3 Å². The molecule has 1 aliphatic heterocycles. The van der Waals surface area contributed by atoms with E-state index < -0.39 is 0 Å². The molecule has 3 aromatic rings. The largest absolute Gasteiger partial charge is 0.375 e. The maximum absolute atomic E-state index is 13.2. The van der Waals surface area contributed by atoms with Crippen LogP contribution in [-0.2, 0) is 27.4 Å². The number of ether oxygens (including phenoxy) is 1. The van der Waals surface area contributed by atoms with Gasteiger partial charge in [0.25, 0.3) is 5.56 Å². The number of methoxy groups -OCH3 is 1. The molecule has 2 heterocycles. The second kappa shape index (κ2) is 11.5. The Kier molecular flexibility index (Phi) is 8.21. The predicted octanol–water partition coefficient (Wildman–Crippen LogP) is 2.93. The topological polar surface area (TPSA) is 109 Å². The van der Waals surface area contributed by atoms with Gasteiger partial charge in [0.2, 0.25) is 11.8 Å². The number of halogens is 1. The lowest BCUT2D eigenvalue weighted by Gasteiger charge is -2.32. The lowest BCUT2D eigenvalue weighted by atomic mass is 9.89.